The van der Waals surface area contributed by atoms with Crippen molar-refractivity contribution < 1.29 is 0 Å². The van der Waals surface area contributed by atoms with Gasteiger partial charge in [-0.2, -0.15) is 0 Å². The van der Waals surface area contributed by atoms with E-state index in [9.17, 15) is 0 Å². The van der Waals surface area contributed by atoms with E-state index in [1.54, 1.807) is 0 Å². The Hall–Kier alpha value is -0.130. The number of aromatic nitrogens is 3. The van der Waals surface area contributed by atoms with Gasteiger partial charge in [0.2, 0.25) is 3.83 Å². The Labute approximate surface area is 98.4 Å². The smallest absolute Gasteiger partial charge is 0.211 e. The van der Waals surface area contributed by atoms with E-state index in [0.29, 0.717) is 6.04 Å². The third kappa shape index (κ3) is 2.10. The quantitative estimate of drug-likeness (QED) is 0.786. The summed E-state index contributed by atoms with van der Waals surface area (Å²) < 4.78 is 2.94. The van der Waals surface area contributed by atoms with Crippen LogP contribution in [0.2, 0.25) is 0 Å². The Morgan fingerprint density at radius 1 is 1.50 bits per heavy atom. The van der Waals surface area contributed by atoms with Crippen molar-refractivity contribution in [2.45, 2.75) is 45.1 Å². The van der Waals surface area contributed by atoms with Gasteiger partial charge in [0.15, 0.2) is 0 Å². The predicted molar refractivity (Wildman–Crippen MR) is 64.0 cm³/mol. The van der Waals surface area contributed by atoms with Gasteiger partial charge in [0.25, 0.3) is 0 Å². The van der Waals surface area contributed by atoms with Crippen LogP contribution in [-0.2, 0) is 0 Å². The molecule has 1 saturated carbocycles. The summed E-state index contributed by atoms with van der Waals surface area (Å²) in [5, 5.41) is 4.42. The predicted octanol–water partition coefficient (Wildman–Crippen LogP) is 3.02. The molecule has 2 rings (SSSR count). The highest BCUT2D eigenvalue weighted by molar-refractivity contribution is 14.1. The molecule has 4 heteroatoms. The van der Waals surface area contributed by atoms with Crippen LogP contribution in [0.4, 0.5) is 0 Å². The zero-order valence-corrected chi connectivity index (χ0v) is 10.6. The molecule has 3 nitrogen and oxygen atoms in total. The minimum Gasteiger partial charge on any atom is -0.249 e. The van der Waals surface area contributed by atoms with E-state index in [4.69, 9.17) is 0 Å². The van der Waals surface area contributed by atoms with Gasteiger partial charge in [-0.05, 0) is 18.8 Å². The summed E-state index contributed by atoms with van der Waals surface area (Å²) in [6, 6.07) is 0.602. The van der Waals surface area contributed by atoms with Crippen LogP contribution in [0.1, 0.15) is 45.1 Å². The molecule has 0 aromatic carbocycles. The molecular formula is C10H16IN3. The Bertz CT molecular complexity index is 297. The van der Waals surface area contributed by atoms with E-state index in [2.05, 4.69) is 44.3 Å². The molecule has 1 aromatic heterocycles. The molecule has 0 N–H and O–H groups in total. The van der Waals surface area contributed by atoms with Crippen LogP contribution in [0.25, 0.3) is 0 Å². The average molecular weight is 305 g/mol. The molecule has 0 bridgehead atoms. The SMILES string of the molecule is CCC1CCCCC1n1cnc(I)n1. The normalized spacial score (nSPS) is 27.9. The lowest BCUT2D eigenvalue weighted by atomic mass is 9.83. The van der Waals surface area contributed by atoms with E-state index in [-0.39, 0.29) is 0 Å². The zero-order valence-electron chi connectivity index (χ0n) is 8.49. The summed E-state index contributed by atoms with van der Waals surface area (Å²) in [5.41, 5.74) is 0. The van der Waals surface area contributed by atoms with Crippen molar-refractivity contribution in [1.29, 1.82) is 0 Å². The van der Waals surface area contributed by atoms with Crippen LogP contribution in [0.15, 0.2) is 6.33 Å². The number of nitrogens with zero attached hydrogens (tertiary/aromatic N) is 3. The summed E-state index contributed by atoms with van der Waals surface area (Å²) >= 11 is 2.17. The highest BCUT2D eigenvalue weighted by Crippen LogP contribution is 2.35. The largest absolute Gasteiger partial charge is 0.249 e. The van der Waals surface area contributed by atoms with Crippen molar-refractivity contribution in [2.24, 2.45) is 5.92 Å². The molecule has 1 fully saturated rings. The lowest BCUT2D eigenvalue weighted by molar-refractivity contribution is 0.216. The van der Waals surface area contributed by atoms with E-state index in [0.717, 1.165) is 9.75 Å². The second-order valence-corrected chi connectivity index (χ2v) is 4.98. The Kier molecular flexibility index (Phi) is 3.41. The second-order valence-electron chi connectivity index (χ2n) is 4.01. The van der Waals surface area contributed by atoms with E-state index >= 15 is 0 Å². The summed E-state index contributed by atoms with van der Waals surface area (Å²) in [6.45, 7) is 2.28. The first kappa shape index (κ1) is 10.4. The summed E-state index contributed by atoms with van der Waals surface area (Å²) in [4.78, 5) is 4.20. The first-order chi connectivity index (χ1) is 6.81. The number of hydrogen-bond donors (Lipinski definition) is 0. The summed E-state index contributed by atoms with van der Waals surface area (Å²) in [6.07, 6.45) is 8.52. The Balaban J connectivity index is 2.14. The molecule has 14 heavy (non-hydrogen) atoms. The maximum absolute atomic E-state index is 4.42. The monoisotopic (exact) mass is 305 g/mol. The Morgan fingerprint density at radius 3 is 2.93 bits per heavy atom. The zero-order chi connectivity index (χ0) is 9.97. The van der Waals surface area contributed by atoms with Gasteiger partial charge in [-0.3, -0.25) is 0 Å². The van der Waals surface area contributed by atoms with Crippen LogP contribution in [0, 0.1) is 9.75 Å². The van der Waals surface area contributed by atoms with Crippen molar-refractivity contribution in [3.8, 4) is 0 Å². The van der Waals surface area contributed by atoms with Gasteiger partial charge in [-0.15, -0.1) is 5.10 Å². The van der Waals surface area contributed by atoms with Gasteiger partial charge in [-0.1, -0.05) is 26.2 Å². The average Bonchev–Trinajstić information content (AvgIpc) is 2.65. The third-order valence-electron chi connectivity index (χ3n) is 3.21. The molecule has 0 saturated heterocycles. The lowest BCUT2D eigenvalue weighted by Gasteiger charge is -2.30. The van der Waals surface area contributed by atoms with Crippen LogP contribution in [-0.4, -0.2) is 14.8 Å². The maximum atomic E-state index is 4.42. The maximum Gasteiger partial charge on any atom is 0.211 e. The van der Waals surface area contributed by atoms with E-state index < -0.39 is 0 Å². The molecule has 78 valence electrons. The fourth-order valence-electron chi connectivity index (χ4n) is 2.43. The van der Waals surface area contributed by atoms with Crippen LogP contribution < -0.4 is 0 Å². The van der Waals surface area contributed by atoms with Crippen LogP contribution >= 0.6 is 22.6 Å². The van der Waals surface area contributed by atoms with Gasteiger partial charge in [0, 0.05) is 22.6 Å². The fourth-order valence-corrected chi connectivity index (χ4v) is 2.80. The van der Waals surface area contributed by atoms with Crippen molar-refractivity contribution >= 4 is 22.6 Å². The van der Waals surface area contributed by atoms with Crippen molar-refractivity contribution in [2.75, 3.05) is 0 Å². The molecule has 1 heterocycles. The summed E-state index contributed by atoms with van der Waals surface area (Å²) in [7, 11) is 0. The van der Waals surface area contributed by atoms with Gasteiger partial charge in [0.1, 0.15) is 6.33 Å². The van der Waals surface area contributed by atoms with Gasteiger partial charge >= 0.3 is 0 Å². The Morgan fingerprint density at radius 2 is 2.29 bits per heavy atom. The van der Waals surface area contributed by atoms with Crippen molar-refractivity contribution in [1.82, 2.24) is 14.8 Å². The number of hydrogen-bond acceptors (Lipinski definition) is 2. The summed E-state index contributed by atoms with van der Waals surface area (Å²) in [5.74, 6) is 0.807. The number of rotatable bonds is 2. The van der Waals surface area contributed by atoms with Crippen molar-refractivity contribution in [3.05, 3.63) is 10.2 Å². The third-order valence-corrected chi connectivity index (χ3v) is 3.71. The number of halogens is 1. The van der Waals surface area contributed by atoms with Gasteiger partial charge in [0.05, 0.1) is 6.04 Å². The standard InChI is InChI=1S/C10H16IN3/c1-2-8-5-3-4-6-9(8)14-7-12-10(11)13-14/h7-9H,2-6H2,1H3. The fraction of sp³-hybridized carbons (Fsp3) is 0.800. The molecule has 0 amide bonds. The van der Waals surface area contributed by atoms with Crippen LogP contribution in [0.3, 0.4) is 0 Å². The van der Waals surface area contributed by atoms with Crippen molar-refractivity contribution in [3.63, 3.8) is 0 Å². The molecule has 0 spiro atoms. The lowest BCUT2D eigenvalue weighted by Crippen LogP contribution is -2.23. The molecule has 0 radical (unpaired) electrons. The van der Waals surface area contributed by atoms with E-state index in [1.165, 1.54) is 32.1 Å². The first-order valence-electron chi connectivity index (χ1n) is 5.38. The molecule has 1 aromatic rings. The van der Waals surface area contributed by atoms with Gasteiger partial charge < -0.3 is 0 Å². The highest BCUT2D eigenvalue weighted by atomic mass is 127. The molecule has 2 unspecified atom stereocenters. The molecule has 1 aliphatic carbocycles. The highest BCUT2D eigenvalue weighted by Gasteiger charge is 2.25. The molecule has 0 aliphatic heterocycles. The van der Waals surface area contributed by atoms with Gasteiger partial charge in [-0.25, -0.2) is 9.67 Å². The molecule has 2 atom stereocenters. The second kappa shape index (κ2) is 4.59. The minimum absolute atomic E-state index is 0.602. The molecule has 1 aliphatic rings. The minimum atomic E-state index is 0.602. The van der Waals surface area contributed by atoms with E-state index in [1.807, 2.05) is 6.33 Å². The van der Waals surface area contributed by atoms with Crippen LogP contribution in [0.5, 0.6) is 0 Å². The topological polar surface area (TPSA) is 30.7 Å². The molecular weight excluding hydrogens is 289 g/mol. The first-order valence-corrected chi connectivity index (χ1v) is 6.45.